The number of rotatable bonds is 2. The average molecular weight is 158 g/mol. The Bertz CT molecular complexity index is 115. The van der Waals surface area contributed by atoms with E-state index in [0.717, 1.165) is 26.3 Å². The molecule has 0 aliphatic carbocycles. The summed E-state index contributed by atoms with van der Waals surface area (Å²) in [5.41, 5.74) is 5.58. The molecular formula is C8H18N2O. The number of nitrogens with zero attached hydrogens (tertiary/aromatic N) is 1. The molecule has 0 saturated carbocycles. The topological polar surface area (TPSA) is 38.5 Å². The van der Waals surface area contributed by atoms with Crippen molar-refractivity contribution in [3.05, 3.63) is 0 Å². The van der Waals surface area contributed by atoms with Gasteiger partial charge in [-0.25, -0.2) is 0 Å². The molecule has 0 aromatic heterocycles. The quantitative estimate of drug-likeness (QED) is 0.617. The molecule has 1 rings (SSSR count). The predicted octanol–water partition coefficient (Wildman–Crippen LogP) is 0.0543. The molecule has 2 N–H and O–H groups in total. The van der Waals surface area contributed by atoms with Crippen molar-refractivity contribution in [1.82, 2.24) is 4.90 Å². The zero-order chi connectivity index (χ0) is 8.27. The molecule has 0 unspecified atom stereocenters. The highest BCUT2D eigenvalue weighted by molar-refractivity contribution is 4.76. The first-order valence-electron chi connectivity index (χ1n) is 4.29. The molecule has 66 valence electrons. The zero-order valence-electron chi connectivity index (χ0n) is 7.42. The van der Waals surface area contributed by atoms with Gasteiger partial charge >= 0.3 is 0 Å². The van der Waals surface area contributed by atoms with E-state index in [1.165, 1.54) is 0 Å². The van der Waals surface area contributed by atoms with E-state index in [0.29, 0.717) is 12.1 Å². The van der Waals surface area contributed by atoms with Crippen LogP contribution in [-0.4, -0.2) is 43.3 Å². The van der Waals surface area contributed by atoms with Gasteiger partial charge in [-0.2, -0.15) is 0 Å². The van der Waals surface area contributed by atoms with E-state index in [1.54, 1.807) is 0 Å². The fraction of sp³-hybridized carbons (Fsp3) is 1.00. The lowest BCUT2D eigenvalue weighted by molar-refractivity contribution is -0.0166. The molecule has 3 nitrogen and oxygen atoms in total. The Labute approximate surface area is 68.5 Å². The Balaban J connectivity index is 2.40. The highest BCUT2D eigenvalue weighted by atomic mass is 16.5. The van der Waals surface area contributed by atoms with Crippen molar-refractivity contribution < 1.29 is 4.74 Å². The summed E-state index contributed by atoms with van der Waals surface area (Å²) in [6.07, 6.45) is 0. The summed E-state index contributed by atoms with van der Waals surface area (Å²) in [6, 6.07) is 1.02. The second-order valence-electron chi connectivity index (χ2n) is 3.25. The molecule has 0 spiro atoms. The first-order valence-corrected chi connectivity index (χ1v) is 4.29. The van der Waals surface area contributed by atoms with Crippen LogP contribution in [0.15, 0.2) is 0 Å². The first-order chi connectivity index (χ1) is 5.25. The molecule has 1 fully saturated rings. The van der Waals surface area contributed by atoms with Crippen LogP contribution in [0.3, 0.4) is 0 Å². The van der Waals surface area contributed by atoms with Crippen LogP contribution in [0, 0.1) is 0 Å². The third kappa shape index (κ3) is 2.15. The number of morpholine rings is 1. The molecule has 0 aromatic rings. The van der Waals surface area contributed by atoms with Crippen LogP contribution in [0.4, 0.5) is 0 Å². The van der Waals surface area contributed by atoms with Gasteiger partial charge < -0.3 is 10.5 Å². The van der Waals surface area contributed by atoms with Gasteiger partial charge in [0.1, 0.15) is 0 Å². The van der Waals surface area contributed by atoms with Crippen LogP contribution in [0.25, 0.3) is 0 Å². The number of nitrogens with two attached hydrogens (primary N) is 1. The lowest BCUT2D eigenvalue weighted by Crippen LogP contribution is -2.50. The van der Waals surface area contributed by atoms with Gasteiger partial charge in [-0.05, 0) is 13.8 Å². The van der Waals surface area contributed by atoms with Gasteiger partial charge in [0.25, 0.3) is 0 Å². The first kappa shape index (κ1) is 8.97. The Morgan fingerprint density at radius 1 is 1.73 bits per heavy atom. The Hall–Kier alpha value is -0.120. The van der Waals surface area contributed by atoms with Crippen molar-refractivity contribution >= 4 is 0 Å². The summed E-state index contributed by atoms with van der Waals surface area (Å²) in [5, 5.41) is 0. The lowest BCUT2D eigenvalue weighted by Gasteiger charge is -2.37. The lowest BCUT2D eigenvalue weighted by atomic mass is 10.2. The summed E-state index contributed by atoms with van der Waals surface area (Å²) in [4.78, 5) is 2.41. The Kier molecular flexibility index (Phi) is 3.30. The third-order valence-corrected chi connectivity index (χ3v) is 2.33. The maximum atomic E-state index is 5.58. The Morgan fingerprint density at radius 3 is 3.00 bits per heavy atom. The molecule has 1 aliphatic rings. The normalized spacial score (nSPS) is 30.3. The molecule has 1 heterocycles. The minimum absolute atomic E-state index is 0.494. The minimum Gasteiger partial charge on any atom is -0.379 e. The zero-order valence-corrected chi connectivity index (χ0v) is 7.42. The maximum Gasteiger partial charge on any atom is 0.0619 e. The molecule has 1 saturated heterocycles. The summed E-state index contributed by atoms with van der Waals surface area (Å²) in [5.74, 6) is 0. The highest BCUT2D eigenvalue weighted by Crippen LogP contribution is 2.09. The van der Waals surface area contributed by atoms with Crippen molar-refractivity contribution in [3.63, 3.8) is 0 Å². The number of hydrogen-bond donors (Lipinski definition) is 1. The van der Waals surface area contributed by atoms with Crippen molar-refractivity contribution in [2.24, 2.45) is 5.73 Å². The molecular weight excluding hydrogens is 140 g/mol. The van der Waals surface area contributed by atoms with E-state index in [2.05, 4.69) is 18.7 Å². The fourth-order valence-electron chi connectivity index (χ4n) is 1.53. The van der Waals surface area contributed by atoms with E-state index in [9.17, 15) is 0 Å². The van der Waals surface area contributed by atoms with Gasteiger partial charge in [0, 0.05) is 25.2 Å². The van der Waals surface area contributed by atoms with Crippen LogP contribution in [-0.2, 0) is 4.74 Å². The molecule has 1 aliphatic heterocycles. The van der Waals surface area contributed by atoms with Gasteiger partial charge in [-0.1, -0.05) is 0 Å². The number of hydrogen-bond acceptors (Lipinski definition) is 3. The van der Waals surface area contributed by atoms with Crippen molar-refractivity contribution in [1.29, 1.82) is 0 Å². The van der Waals surface area contributed by atoms with Gasteiger partial charge in [-0.3, -0.25) is 4.90 Å². The van der Waals surface area contributed by atoms with Crippen LogP contribution in [0.1, 0.15) is 13.8 Å². The minimum atomic E-state index is 0.494. The van der Waals surface area contributed by atoms with E-state index in [-0.39, 0.29) is 0 Å². The van der Waals surface area contributed by atoms with Crippen LogP contribution in [0.5, 0.6) is 0 Å². The van der Waals surface area contributed by atoms with E-state index in [4.69, 9.17) is 10.5 Å². The van der Waals surface area contributed by atoms with Crippen molar-refractivity contribution in [2.75, 3.05) is 26.3 Å². The second-order valence-corrected chi connectivity index (χ2v) is 3.25. The monoisotopic (exact) mass is 158 g/mol. The van der Waals surface area contributed by atoms with E-state index >= 15 is 0 Å². The second kappa shape index (κ2) is 4.04. The summed E-state index contributed by atoms with van der Waals surface area (Å²) in [6.45, 7) is 7.83. The number of ether oxygens (including phenoxy) is 1. The molecule has 0 radical (unpaired) electrons. The van der Waals surface area contributed by atoms with E-state index in [1.807, 2.05) is 0 Å². The van der Waals surface area contributed by atoms with E-state index < -0.39 is 0 Å². The largest absolute Gasteiger partial charge is 0.379 e. The highest BCUT2D eigenvalue weighted by Gasteiger charge is 2.22. The van der Waals surface area contributed by atoms with Crippen molar-refractivity contribution in [3.8, 4) is 0 Å². The summed E-state index contributed by atoms with van der Waals surface area (Å²) >= 11 is 0. The molecule has 11 heavy (non-hydrogen) atoms. The SMILES string of the molecule is C[C@H](CN)N1CCOC[C@H]1C. The molecule has 3 heteroatoms. The molecule has 0 amide bonds. The van der Waals surface area contributed by atoms with Crippen LogP contribution < -0.4 is 5.73 Å². The Morgan fingerprint density at radius 2 is 2.45 bits per heavy atom. The van der Waals surface area contributed by atoms with Gasteiger partial charge in [0.05, 0.1) is 13.2 Å². The standard InChI is InChI=1S/C8H18N2O/c1-7(5-9)10-3-4-11-6-8(10)2/h7-8H,3-6,9H2,1-2H3/t7-,8-/m1/s1. The predicted molar refractivity (Wildman–Crippen MR) is 45.5 cm³/mol. The fourth-order valence-corrected chi connectivity index (χ4v) is 1.53. The molecule has 0 aromatic carbocycles. The smallest absolute Gasteiger partial charge is 0.0619 e. The van der Waals surface area contributed by atoms with Gasteiger partial charge in [-0.15, -0.1) is 0 Å². The average Bonchev–Trinajstić information content (AvgIpc) is 2.04. The van der Waals surface area contributed by atoms with Gasteiger partial charge in [0.15, 0.2) is 0 Å². The summed E-state index contributed by atoms with van der Waals surface area (Å²) in [7, 11) is 0. The maximum absolute atomic E-state index is 5.58. The van der Waals surface area contributed by atoms with Gasteiger partial charge in [0.2, 0.25) is 0 Å². The molecule has 2 atom stereocenters. The van der Waals surface area contributed by atoms with Crippen LogP contribution in [0.2, 0.25) is 0 Å². The van der Waals surface area contributed by atoms with Crippen LogP contribution >= 0.6 is 0 Å². The summed E-state index contributed by atoms with van der Waals surface area (Å²) < 4.78 is 5.32. The molecule has 0 bridgehead atoms. The van der Waals surface area contributed by atoms with Crippen molar-refractivity contribution in [2.45, 2.75) is 25.9 Å². The third-order valence-electron chi connectivity index (χ3n) is 2.33.